The highest BCUT2D eigenvalue weighted by Crippen LogP contribution is 2.54. The number of ether oxygens (including phenoxy) is 4. The Labute approximate surface area is 314 Å². The van der Waals surface area contributed by atoms with Crippen molar-refractivity contribution in [1.82, 2.24) is 0 Å². The molecule has 8 nitrogen and oxygen atoms in total. The number of halogens is 12. The van der Waals surface area contributed by atoms with E-state index in [2.05, 4.69) is 9.47 Å². The van der Waals surface area contributed by atoms with E-state index in [4.69, 9.17) is 19.6 Å². The van der Waals surface area contributed by atoms with Crippen LogP contribution in [0.25, 0.3) is 22.1 Å². The van der Waals surface area contributed by atoms with Crippen LogP contribution < -0.4 is 25.6 Å². The van der Waals surface area contributed by atoms with Crippen LogP contribution in [-0.2, 0) is 9.53 Å². The van der Waals surface area contributed by atoms with E-state index in [1.165, 1.54) is 13.2 Å². The maximum atomic E-state index is 14.6. The highest BCUT2D eigenvalue weighted by molar-refractivity contribution is 14.1. The molecule has 0 saturated carbocycles. The topological polar surface area (TPSA) is 110 Å². The third-order valence-corrected chi connectivity index (χ3v) is 8.67. The third kappa shape index (κ3) is 10.6. The largest absolute Gasteiger partial charge is 0.573 e. The predicted molar refractivity (Wildman–Crippen MR) is 181 cm³/mol. The van der Waals surface area contributed by atoms with Gasteiger partial charge in [0.2, 0.25) is 0 Å². The van der Waals surface area contributed by atoms with Crippen molar-refractivity contribution in [1.29, 1.82) is 0 Å². The van der Waals surface area contributed by atoms with Crippen molar-refractivity contribution in [2.24, 2.45) is 11.7 Å². The molecule has 1 heterocycles. The van der Waals surface area contributed by atoms with Crippen LogP contribution in [0.15, 0.2) is 51.7 Å². The number of carbonyl (C=O) groups is 1. The molecule has 0 amide bonds. The number of rotatable bonds is 17. The van der Waals surface area contributed by atoms with E-state index in [1.54, 1.807) is 27.7 Å². The van der Waals surface area contributed by atoms with E-state index < -0.39 is 99.6 Å². The Morgan fingerprint density at radius 3 is 1.87 bits per heavy atom. The summed E-state index contributed by atoms with van der Waals surface area (Å²) in [7, 11) is 1.18. The number of methoxy groups -OCH3 is 1. The van der Waals surface area contributed by atoms with Crippen LogP contribution in [0.3, 0.4) is 0 Å². The number of hydrogen-bond donors (Lipinski definition) is 1. The lowest BCUT2D eigenvalue weighted by Crippen LogP contribution is -2.62. The molecule has 54 heavy (non-hydrogen) atoms. The summed E-state index contributed by atoms with van der Waals surface area (Å²) in [5, 5.41) is 0.0480. The first kappa shape index (κ1) is 44.8. The fraction of sp³-hybridized carbons (Fsp3) is 0.529. The summed E-state index contributed by atoms with van der Waals surface area (Å²) in [6.45, 7) is 3.34. The maximum absolute atomic E-state index is 14.6. The molecule has 2 aromatic carbocycles. The monoisotopic (exact) mass is 905 g/mol. The molecule has 2 N–H and O–H groups in total. The molecule has 0 fully saturated rings. The molecule has 0 bridgehead atoms. The minimum absolute atomic E-state index is 0.0230. The third-order valence-electron chi connectivity index (χ3n) is 7.91. The molecule has 0 spiro atoms. The van der Waals surface area contributed by atoms with Crippen molar-refractivity contribution in [2.75, 3.05) is 20.3 Å². The van der Waals surface area contributed by atoms with Gasteiger partial charge in [0, 0.05) is 32.0 Å². The Kier molecular flexibility index (Phi) is 13.2. The summed E-state index contributed by atoms with van der Waals surface area (Å²) in [6, 6.07) is 7.36. The number of nitrogens with two attached hydrogens (primary N) is 1. The number of hydrogen-bond acceptors (Lipinski definition) is 8. The van der Waals surface area contributed by atoms with Gasteiger partial charge in [-0.2, -0.15) is 35.1 Å². The van der Waals surface area contributed by atoms with Crippen molar-refractivity contribution >= 4 is 39.5 Å². The van der Waals surface area contributed by atoms with Gasteiger partial charge < -0.3 is 29.1 Å². The molecule has 0 aliphatic rings. The molecular formula is C34H35F11INO7. The van der Waals surface area contributed by atoms with E-state index in [0.717, 1.165) is 36.4 Å². The van der Waals surface area contributed by atoms with Crippen LogP contribution >= 0.6 is 22.6 Å². The van der Waals surface area contributed by atoms with E-state index in [9.17, 15) is 57.9 Å². The summed E-state index contributed by atoms with van der Waals surface area (Å²) >= 11 is 1.85. The van der Waals surface area contributed by atoms with Crippen molar-refractivity contribution in [3.63, 3.8) is 0 Å². The van der Waals surface area contributed by atoms with Gasteiger partial charge in [-0.1, -0.05) is 22.6 Å². The molecular weight excluding hydrogens is 870 g/mol. The zero-order chi connectivity index (χ0) is 41.3. The highest BCUT2D eigenvalue weighted by atomic mass is 127. The Morgan fingerprint density at radius 1 is 0.796 bits per heavy atom. The Hall–Kier alpha value is -3.56. The lowest BCUT2D eigenvalue weighted by Gasteiger charge is -2.37. The van der Waals surface area contributed by atoms with Gasteiger partial charge in [-0.3, -0.25) is 4.79 Å². The van der Waals surface area contributed by atoms with Crippen LogP contribution in [-0.4, -0.2) is 65.3 Å². The van der Waals surface area contributed by atoms with Crippen LogP contribution in [0, 0.1) is 5.92 Å². The first-order chi connectivity index (χ1) is 24.4. The van der Waals surface area contributed by atoms with Gasteiger partial charge in [-0.15, -0.1) is 13.2 Å². The minimum atomic E-state index is -6.63. The fourth-order valence-corrected chi connectivity index (χ4v) is 5.49. The molecule has 0 aliphatic heterocycles. The highest BCUT2D eigenvalue weighted by Gasteiger charge is 2.79. The van der Waals surface area contributed by atoms with Gasteiger partial charge in [-0.05, 0) is 64.4 Å². The predicted octanol–water partition coefficient (Wildman–Crippen LogP) is 9.57. The zero-order valence-corrected chi connectivity index (χ0v) is 31.3. The molecule has 1 atom stereocenters. The lowest BCUT2D eigenvalue weighted by atomic mass is 9.84. The van der Waals surface area contributed by atoms with E-state index in [-0.39, 0.29) is 28.7 Å². The van der Waals surface area contributed by atoms with Gasteiger partial charge in [0.1, 0.15) is 22.8 Å². The van der Waals surface area contributed by atoms with Gasteiger partial charge in [-0.25, -0.2) is 4.79 Å². The molecule has 0 radical (unpaired) electrons. The quantitative estimate of drug-likeness (QED) is 0.0469. The van der Waals surface area contributed by atoms with Crippen molar-refractivity contribution < 1.29 is 76.5 Å². The summed E-state index contributed by atoms with van der Waals surface area (Å²) in [4.78, 5) is 25.3. The number of alkyl halides is 12. The second-order valence-corrected chi connectivity index (χ2v) is 16.2. The zero-order valence-electron chi connectivity index (χ0n) is 29.1. The van der Waals surface area contributed by atoms with E-state index >= 15 is 0 Å². The minimum Gasteiger partial charge on any atom is -0.497 e. The first-order valence-electron chi connectivity index (χ1n) is 15.7. The lowest BCUT2D eigenvalue weighted by molar-refractivity contribution is -0.369. The number of benzene rings is 2. The SMILES string of the molecule is COc1ccc(-c2cc3ccc(OCCC(F)(F)C(F)(F)C(F)(F)C(F)(F)CCOC(=O)C(CC(C)(C)N)C(C)(C)I)cc3oc2=O)c(OC(F)(F)F)c1. The van der Waals surface area contributed by atoms with Gasteiger partial charge in [0.25, 0.3) is 0 Å². The number of carbonyl (C=O) groups excluding carboxylic acids is 1. The smallest absolute Gasteiger partial charge is 0.497 e. The van der Waals surface area contributed by atoms with Crippen LogP contribution in [0.4, 0.5) is 48.3 Å². The van der Waals surface area contributed by atoms with Gasteiger partial charge >= 0.3 is 41.6 Å². The molecule has 1 unspecified atom stereocenters. The Morgan fingerprint density at radius 2 is 1.35 bits per heavy atom. The van der Waals surface area contributed by atoms with Gasteiger partial charge in [0.15, 0.2) is 0 Å². The summed E-state index contributed by atoms with van der Waals surface area (Å²) in [6.07, 6.45) is -9.59. The molecule has 0 saturated heterocycles. The molecule has 3 aromatic rings. The van der Waals surface area contributed by atoms with Gasteiger partial charge in [0.05, 0.1) is 44.6 Å². The van der Waals surface area contributed by atoms with Crippen molar-refractivity contribution in [3.05, 3.63) is 52.9 Å². The summed E-state index contributed by atoms with van der Waals surface area (Å²) < 4.78 is 178. The fourth-order valence-electron chi connectivity index (χ4n) is 5.01. The number of fused-ring (bicyclic) bond motifs is 1. The Balaban J connectivity index is 1.72. The molecule has 3 rings (SSSR count). The second kappa shape index (κ2) is 15.9. The number of esters is 1. The van der Waals surface area contributed by atoms with E-state index in [1.807, 2.05) is 22.6 Å². The average molecular weight is 906 g/mol. The van der Waals surface area contributed by atoms with Crippen molar-refractivity contribution in [2.45, 2.75) is 86.0 Å². The Bertz CT molecular complexity index is 1850. The molecule has 1 aromatic heterocycles. The second-order valence-electron chi connectivity index (χ2n) is 13.4. The molecule has 0 aliphatic carbocycles. The normalized spacial score (nSPS) is 14.2. The van der Waals surface area contributed by atoms with Crippen LogP contribution in [0.2, 0.25) is 0 Å². The first-order valence-corrected chi connectivity index (χ1v) is 16.8. The summed E-state index contributed by atoms with van der Waals surface area (Å²) in [5.41, 5.74) is 2.69. The van der Waals surface area contributed by atoms with Crippen LogP contribution in [0.1, 0.15) is 47.0 Å². The molecule has 20 heteroatoms. The maximum Gasteiger partial charge on any atom is 0.573 e. The average Bonchev–Trinajstić information content (AvgIpc) is 3.01. The van der Waals surface area contributed by atoms with Crippen LogP contribution in [0.5, 0.6) is 17.2 Å². The van der Waals surface area contributed by atoms with E-state index in [0.29, 0.717) is 0 Å². The molecule has 302 valence electrons. The summed E-state index contributed by atoms with van der Waals surface area (Å²) in [5.74, 6) is -28.2. The van der Waals surface area contributed by atoms with Crippen molar-refractivity contribution in [3.8, 4) is 28.4 Å². The standard InChI is InChI=1S/C34H35F11INO7/c1-28(2,47)17-23(29(3,4)46)27(49)52-13-11-31(37,38)33(41,42)32(39,40)30(35,36)10-12-51-20-7-6-18-14-22(26(48)53-24(18)16-20)21-9-8-19(50-5)15-25(21)54-34(43,44)45/h6-9,14-16,23H,10-13,17,47H2,1-5H3.